The van der Waals surface area contributed by atoms with Crippen molar-refractivity contribution in [1.29, 1.82) is 0 Å². The molecule has 112 valence electrons. The molecule has 0 aromatic heterocycles. The molecule has 1 aromatic rings. The highest BCUT2D eigenvalue weighted by atomic mass is 16.5. The fourth-order valence-electron chi connectivity index (χ4n) is 2.52. The third-order valence-corrected chi connectivity index (χ3v) is 3.44. The van der Waals surface area contributed by atoms with Crippen LogP contribution in [0.3, 0.4) is 0 Å². The van der Waals surface area contributed by atoms with Crippen molar-refractivity contribution in [3.8, 4) is 11.5 Å². The Bertz CT molecular complexity index is 420. The zero-order valence-electron chi connectivity index (χ0n) is 12.5. The van der Waals surface area contributed by atoms with Gasteiger partial charge >= 0.3 is 0 Å². The van der Waals surface area contributed by atoms with E-state index in [0.717, 1.165) is 49.8 Å². The normalized spacial score (nSPS) is 19.1. The lowest BCUT2D eigenvalue weighted by molar-refractivity contribution is 0.00874. The molecule has 1 atom stereocenters. The molecule has 0 saturated carbocycles. The third-order valence-electron chi connectivity index (χ3n) is 3.44. The first-order valence-corrected chi connectivity index (χ1v) is 6.95. The largest absolute Gasteiger partial charge is 0.493 e. The van der Waals surface area contributed by atoms with Crippen LogP contribution >= 0.6 is 0 Å². The van der Waals surface area contributed by atoms with Gasteiger partial charge < -0.3 is 19.5 Å². The molecule has 0 radical (unpaired) electrons. The van der Waals surface area contributed by atoms with Crippen molar-refractivity contribution in [2.75, 3.05) is 47.5 Å². The molecule has 1 heterocycles. The summed E-state index contributed by atoms with van der Waals surface area (Å²) in [6, 6.07) is 5.97. The number of rotatable bonds is 6. The van der Waals surface area contributed by atoms with Gasteiger partial charge in [0.2, 0.25) is 0 Å². The molecule has 1 aromatic carbocycles. The summed E-state index contributed by atoms with van der Waals surface area (Å²) in [6.07, 6.45) is 0.255. The Morgan fingerprint density at radius 3 is 2.85 bits per heavy atom. The third kappa shape index (κ3) is 3.85. The number of hydrogen-bond acceptors (Lipinski definition) is 5. The number of nitrogens with one attached hydrogen (secondary N) is 1. The van der Waals surface area contributed by atoms with E-state index in [-0.39, 0.29) is 6.10 Å². The van der Waals surface area contributed by atoms with Gasteiger partial charge in [-0.05, 0) is 13.1 Å². The Balaban J connectivity index is 1.97. The molecule has 5 nitrogen and oxygen atoms in total. The molecular weight excluding hydrogens is 256 g/mol. The summed E-state index contributed by atoms with van der Waals surface area (Å²) in [7, 11) is 5.43. The van der Waals surface area contributed by atoms with Gasteiger partial charge in [0, 0.05) is 31.7 Å². The van der Waals surface area contributed by atoms with Gasteiger partial charge in [0.25, 0.3) is 0 Å². The molecule has 0 bridgehead atoms. The number of morpholine rings is 1. The molecule has 5 heteroatoms. The van der Waals surface area contributed by atoms with Crippen molar-refractivity contribution in [2.24, 2.45) is 0 Å². The Hall–Kier alpha value is -1.30. The minimum absolute atomic E-state index is 0.255. The Morgan fingerprint density at radius 1 is 1.35 bits per heavy atom. The summed E-state index contributed by atoms with van der Waals surface area (Å²) in [5.41, 5.74) is 1.12. The first-order chi connectivity index (χ1) is 9.74. The van der Waals surface area contributed by atoms with Gasteiger partial charge in [0.1, 0.15) is 0 Å². The molecule has 1 saturated heterocycles. The van der Waals surface area contributed by atoms with Crippen molar-refractivity contribution >= 4 is 0 Å². The zero-order valence-corrected chi connectivity index (χ0v) is 12.5. The van der Waals surface area contributed by atoms with Crippen LogP contribution in [0.25, 0.3) is 0 Å². The second-order valence-electron chi connectivity index (χ2n) is 5.05. The minimum Gasteiger partial charge on any atom is -0.493 e. The topological polar surface area (TPSA) is 43.0 Å². The Labute approximate surface area is 120 Å². The van der Waals surface area contributed by atoms with Gasteiger partial charge in [-0.25, -0.2) is 0 Å². The number of methoxy groups -OCH3 is 2. The van der Waals surface area contributed by atoms with Crippen molar-refractivity contribution < 1.29 is 14.2 Å². The van der Waals surface area contributed by atoms with Gasteiger partial charge in [-0.3, -0.25) is 4.90 Å². The molecule has 0 amide bonds. The van der Waals surface area contributed by atoms with E-state index in [0.29, 0.717) is 0 Å². The van der Waals surface area contributed by atoms with Crippen LogP contribution in [0.2, 0.25) is 0 Å². The van der Waals surface area contributed by atoms with Crippen LogP contribution in [0.5, 0.6) is 11.5 Å². The van der Waals surface area contributed by atoms with E-state index < -0.39 is 0 Å². The van der Waals surface area contributed by atoms with Gasteiger partial charge in [0.05, 0.1) is 26.9 Å². The van der Waals surface area contributed by atoms with Crippen LogP contribution in [0.15, 0.2) is 18.2 Å². The number of nitrogens with zero attached hydrogens (tertiary/aromatic N) is 1. The summed E-state index contributed by atoms with van der Waals surface area (Å²) >= 11 is 0. The zero-order chi connectivity index (χ0) is 14.4. The number of likely N-dealkylation sites (N-methyl/N-ethyl adjacent to an activating group) is 1. The second kappa shape index (κ2) is 7.47. The van der Waals surface area contributed by atoms with E-state index >= 15 is 0 Å². The molecule has 1 aliphatic heterocycles. The summed E-state index contributed by atoms with van der Waals surface area (Å²) in [6.45, 7) is 4.36. The highest BCUT2D eigenvalue weighted by Gasteiger charge is 2.17. The van der Waals surface area contributed by atoms with E-state index in [1.54, 1.807) is 14.2 Å². The van der Waals surface area contributed by atoms with Crippen LogP contribution in [-0.2, 0) is 11.3 Å². The highest BCUT2D eigenvalue weighted by Crippen LogP contribution is 2.31. The summed E-state index contributed by atoms with van der Waals surface area (Å²) in [5.74, 6) is 1.58. The Kier molecular flexibility index (Phi) is 5.64. The average molecular weight is 280 g/mol. The van der Waals surface area contributed by atoms with Crippen LogP contribution in [0.4, 0.5) is 0 Å². The average Bonchev–Trinajstić information content (AvgIpc) is 2.47. The van der Waals surface area contributed by atoms with Crippen molar-refractivity contribution in [3.05, 3.63) is 23.8 Å². The maximum Gasteiger partial charge on any atom is 0.165 e. The number of benzene rings is 1. The van der Waals surface area contributed by atoms with E-state index in [1.807, 2.05) is 12.1 Å². The molecule has 0 spiro atoms. The quantitative estimate of drug-likeness (QED) is 0.846. The van der Waals surface area contributed by atoms with Crippen molar-refractivity contribution in [1.82, 2.24) is 10.2 Å². The maximum absolute atomic E-state index is 5.73. The number of para-hydroxylation sites is 1. The van der Waals surface area contributed by atoms with Crippen LogP contribution in [0, 0.1) is 0 Å². The minimum atomic E-state index is 0.255. The lowest BCUT2D eigenvalue weighted by Crippen LogP contribution is -2.44. The predicted molar refractivity (Wildman–Crippen MR) is 78.5 cm³/mol. The SMILES string of the molecule is COc1cccc(CN(C)CC2CNCCO2)c1OC. The van der Waals surface area contributed by atoms with E-state index in [2.05, 4.69) is 23.3 Å². The molecule has 1 aliphatic rings. The predicted octanol–water partition coefficient (Wildman–Crippen LogP) is 1.12. The van der Waals surface area contributed by atoms with Crippen LogP contribution in [0.1, 0.15) is 5.56 Å². The molecular formula is C15H24N2O3. The first kappa shape index (κ1) is 15.1. The molecule has 0 aliphatic carbocycles. The fourth-order valence-corrected chi connectivity index (χ4v) is 2.52. The van der Waals surface area contributed by atoms with Gasteiger partial charge in [-0.2, -0.15) is 0 Å². The maximum atomic E-state index is 5.73. The summed E-state index contributed by atoms with van der Waals surface area (Å²) in [5, 5.41) is 3.35. The lowest BCUT2D eigenvalue weighted by atomic mass is 10.1. The Morgan fingerprint density at radius 2 is 2.20 bits per heavy atom. The molecule has 1 fully saturated rings. The van der Waals surface area contributed by atoms with Crippen LogP contribution in [-0.4, -0.2) is 58.5 Å². The van der Waals surface area contributed by atoms with Crippen molar-refractivity contribution in [2.45, 2.75) is 12.6 Å². The van der Waals surface area contributed by atoms with E-state index in [9.17, 15) is 0 Å². The molecule has 2 rings (SSSR count). The molecule has 20 heavy (non-hydrogen) atoms. The van der Waals surface area contributed by atoms with Crippen LogP contribution < -0.4 is 14.8 Å². The van der Waals surface area contributed by atoms with Crippen molar-refractivity contribution in [3.63, 3.8) is 0 Å². The van der Waals surface area contributed by atoms with Gasteiger partial charge in [0.15, 0.2) is 11.5 Å². The van der Waals surface area contributed by atoms with Gasteiger partial charge in [-0.1, -0.05) is 12.1 Å². The summed E-state index contributed by atoms with van der Waals surface area (Å²) in [4.78, 5) is 2.24. The second-order valence-corrected chi connectivity index (χ2v) is 5.05. The smallest absolute Gasteiger partial charge is 0.165 e. The number of hydrogen-bond donors (Lipinski definition) is 1. The van der Waals surface area contributed by atoms with E-state index in [4.69, 9.17) is 14.2 Å². The monoisotopic (exact) mass is 280 g/mol. The lowest BCUT2D eigenvalue weighted by Gasteiger charge is -2.28. The van der Waals surface area contributed by atoms with Gasteiger partial charge in [-0.15, -0.1) is 0 Å². The van der Waals surface area contributed by atoms with E-state index in [1.165, 1.54) is 0 Å². The fraction of sp³-hybridized carbons (Fsp3) is 0.600. The standard InChI is InChI=1S/C15H24N2O3/c1-17(11-13-9-16-7-8-20-13)10-12-5-4-6-14(18-2)15(12)19-3/h4-6,13,16H,7-11H2,1-3H3. The number of ether oxygens (including phenoxy) is 3. The molecule has 1 unspecified atom stereocenters. The first-order valence-electron chi connectivity index (χ1n) is 6.95. The highest BCUT2D eigenvalue weighted by molar-refractivity contribution is 5.46. The summed E-state index contributed by atoms with van der Waals surface area (Å²) < 4.78 is 16.5. The molecule has 1 N–H and O–H groups in total.